The second-order valence-corrected chi connectivity index (χ2v) is 7.69. The maximum atomic E-state index is 12.3. The van der Waals surface area contributed by atoms with E-state index in [0.717, 1.165) is 29.5 Å². The summed E-state index contributed by atoms with van der Waals surface area (Å²) in [4.78, 5) is 21.9. The minimum Gasteiger partial charge on any atom is -0.373 e. The van der Waals surface area contributed by atoms with Crippen LogP contribution < -0.4 is 5.32 Å². The Balaban J connectivity index is 1.76. The Bertz CT molecular complexity index is 512. The van der Waals surface area contributed by atoms with E-state index < -0.39 is 0 Å². The number of aryl methyl sites for hydroxylation is 1. The van der Waals surface area contributed by atoms with Crippen molar-refractivity contribution in [2.24, 2.45) is 0 Å². The number of hydrogen-bond acceptors (Lipinski definition) is 5. The number of thiazole rings is 1. The van der Waals surface area contributed by atoms with E-state index >= 15 is 0 Å². The lowest BCUT2D eigenvalue weighted by atomic mass is 10.2. The number of likely N-dealkylation sites (N-methyl/N-ethyl adjacent to an activating group) is 1. The van der Waals surface area contributed by atoms with Gasteiger partial charge in [0.15, 0.2) is 0 Å². The van der Waals surface area contributed by atoms with E-state index in [9.17, 15) is 4.79 Å². The number of hydrogen-bond donors (Lipinski definition) is 1. The van der Waals surface area contributed by atoms with E-state index in [-0.39, 0.29) is 24.3 Å². The number of nitrogens with one attached hydrogen (secondary N) is 1. The number of morpholine rings is 1. The highest BCUT2D eigenvalue weighted by Gasteiger charge is 2.23. The predicted molar refractivity (Wildman–Crippen MR) is 92.9 cm³/mol. The van der Waals surface area contributed by atoms with Crippen molar-refractivity contribution < 1.29 is 9.53 Å². The van der Waals surface area contributed by atoms with Gasteiger partial charge in [-0.1, -0.05) is 0 Å². The lowest BCUT2D eigenvalue weighted by Gasteiger charge is -2.36. The molecule has 2 rings (SSSR count). The molecule has 130 valence electrons. The van der Waals surface area contributed by atoms with Crippen molar-refractivity contribution in [3.63, 3.8) is 0 Å². The second-order valence-electron chi connectivity index (χ2n) is 6.42. The molecule has 6 nitrogen and oxygen atoms in total. The van der Waals surface area contributed by atoms with Crippen molar-refractivity contribution >= 4 is 17.4 Å². The third kappa shape index (κ3) is 5.44. The molecule has 1 fully saturated rings. The van der Waals surface area contributed by atoms with Gasteiger partial charge < -0.3 is 15.0 Å². The molecule has 0 aromatic carbocycles. The molecule has 0 aliphatic carbocycles. The van der Waals surface area contributed by atoms with Crippen LogP contribution >= 0.6 is 11.3 Å². The van der Waals surface area contributed by atoms with Crippen molar-refractivity contribution in [1.82, 2.24) is 20.1 Å². The van der Waals surface area contributed by atoms with Gasteiger partial charge in [-0.15, -0.1) is 11.3 Å². The average Bonchev–Trinajstić information content (AvgIpc) is 2.90. The highest BCUT2D eigenvalue weighted by atomic mass is 32.1. The van der Waals surface area contributed by atoms with Crippen LogP contribution in [0.2, 0.25) is 0 Å². The minimum atomic E-state index is -0.0629. The Morgan fingerprint density at radius 2 is 2.17 bits per heavy atom. The summed E-state index contributed by atoms with van der Waals surface area (Å²) in [6.07, 6.45) is 2.35. The molecule has 1 aromatic heterocycles. The van der Waals surface area contributed by atoms with Gasteiger partial charge in [0.2, 0.25) is 0 Å². The number of carbonyl (C=O) groups is 1. The van der Waals surface area contributed by atoms with Gasteiger partial charge in [0.25, 0.3) is 0 Å². The Hall–Kier alpha value is -1.18. The molecule has 1 saturated heterocycles. The lowest BCUT2D eigenvalue weighted by Crippen LogP contribution is -2.49. The second kappa shape index (κ2) is 8.08. The quantitative estimate of drug-likeness (QED) is 0.893. The fourth-order valence-corrected chi connectivity index (χ4v) is 3.57. The third-order valence-corrected chi connectivity index (χ3v) is 5.04. The summed E-state index contributed by atoms with van der Waals surface area (Å²) in [7, 11) is 1.84. The summed E-state index contributed by atoms with van der Waals surface area (Å²) in [5.74, 6) is 0. The molecule has 1 N–H and O–H groups in total. The minimum absolute atomic E-state index is 0.0558. The van der Waals surface area contributed by atoms with Gasteiger partial charge in [-0.05, 0) is 27.7 Å². The molecule has 3 atom stereocenters. The van der Waals surface area contributed by atoms with E-state index in [1.165, 1.54) is 0 Å². The number of rotatable bonds is 5. The van der Waals surface area contributed by atoms with E-state index in [0.29, 0.717) is 6.54 Å². The molecule has 1 aliphatic heterocycles. The van der Waals surface area contributed by atoms with Crippen LogP contribution in [0.4, 0.5) is 4.79 Å². The fourth-order valence-electron chi connectivity index (χ4n) is 2.79. The van der Waals surface area contributed by atoms with Gasteiger partial charge >= 0.3 is 6.03 Å². The normalized spacial score (nSPS) is 23.5. The van der Waals surface area contributed by atoms with E-state index in [2.05, 4.69) is 29.0 Å². The van der Waals surface area contributed by atoms with Crippen LogP contribution in [0, 0.1) is 6.92 Å². The Kier molecular flexibility index (Phi) is 6.38. The van der Waals surface area contributed by atoms with E-state index in [1.807, 2.05) is 27.1 Å². The van der Waals surface area contributed by atoms with Gasteiger partial charge in [0.1, 0.15) is 5.01 Å². The largest absolute Gasteiger partial charge is 0.373 e. The molecule has 0 unspecified atom stereocenters. The maximum Gasteiger partial charge on any atom is 0.317 e. The standard InChI is InChI=1S/C16H28N4O2S/c1-11-9-20(10-12(2)22-11)7-6-19(5)16(21)18-14(4)15-17-8-13(3)23-15/h8,11-12,14H,6-7,9-10H2,1-5H3,(H,18,21)/t11-,12+,14-/m1/s1. The van der Waals surface area contributed by atoms with Crippen molar-refractivity contribution in [3.8, 4) is 0 Å². The number of aromatic nitrogens is 1. The summed E-state index contributed by atoms with van der Waals surface area (Å²) in [6, 6.07) is -0.119. The monoisotopic (exact) mass is 340 g/mol. The number of carbonyl (C=O) groups excluding carboxylic acids is 1. The average molecular weight is 340 g/mol. The fraction of sp³-hybridized carbons (Fsp3) is 0.750. The highest BCUT2D eigenvalue weighted by molar-refractivity contribution is 7.11. The van der Waals surface area contributed by atoms with Crippen molar-refractivity contribution in [3.05, 3.63) is 16.1 Å². The van der Waals surface area contributed by atoms with E-state index in [1.54, 1.807) is 16.2 Å². The Labute approximate surface area is 142 Å². The molecular weight excluding hydrogens is 312 g/mol. The summed E-state index contributed by atoms with van der Waals surface area (Å²) in [6.45, 7) is 11.6. The molecule has 7 heteroatoms. The molecule has 0 radical (unpaired) electrons. The van der Waals surface area contributed by atoms with Crippen LogP contribution in [-0.4, -0.2) is 66.2 Å². The predicted octanol–water partition coefficient (Wildman–Crippen LogP) is 2.26. The van der Waals surface area contributed by atoms with Crippen molar-refractivity contribution in [2.75, 3.05) is 33.2 Å². The van der Waals surface area contributed by atoms with Gasteiger partial charge in [-0.25, -0.2) is 9.78 Å². The Morgan fingerprint density at radius 1 is 1.52 bits per heavy atom. The number of amides is 2. The van der Waals surface area contributed by atoms with Crippen LogP contribution in [0.25, 0.3) is 0 Å². The van der Waals surface area contributed by atoms with Crippen LogP contribution in [0.1, 0.15) is 36.7 Å². The van der Waals surface area contributed by atoms with Gasteiger partial charge in [-0.3, -0.25) is 4.90 Å². The zero-order valence-corrected chi connectivity index (χ0v) is 15.5. The van der Waals surface area contributed by atoms with Gasteiger partial charge in [0.05, 0.1) is 18.2 Å². The SMILES string of the molecule is Cc1cnc([C@@H](C)NC(=O)N(C)CCN2C[C@@H](C)O[C@@H](C)C2)s1. The van der Waals surface area contributed by atoms with Crippen LogP contribution in [0.15, 0.2) is 6.20 Å². The van der Waals surface area contributed by atoms with Crippen molar-refractivity contribution in [2.45, 2.75) is 45.9 Å². The molecule has 23 heavy (non-hydrogen) atoms. The molecular formula is C16H28N4O2S. The van der Waals surface area contributed by atoms with Crippen molar-refractivity contribution in [1.29, 1.82) is 0 Å². The first-order valence-electron chi connectivity index (χ1n) is 8.17. The van der Waals surface area contributed by atoms with Crippen LogP contribution in [0.3, 0.4) is 0 Å². The number of urea groups is 1. The molecule has 1 aromatic rings. The van der Waals surface area contributed by atoms with E-state index in [4.69, 9.17) is 4.74 Å². The molecule has 1 aliphatic rings. The third-order valence-electron chi connectivity index (χ3n) is 3.94. The topological polar surface area (TPSA) is 57.7 Å². The molecule has 0 bridgehead atoms. The summed E-state index contributed by atoms with van der Waals surface area (Å²) >= 11 is 1.62. The zero-order valence-electron chi connectivity index (χ0n) is 14.7. The highest BCUT2D eigenvalue weighted by Crippen LogP contribution is 2.19. The maximum absolute atomic E-state index is 12.3. The number of nitrogens with zero attached hydrogens (tertiary/aromatic N) is 3. The van der Waals surface area contributed by atoms with Crippen LogP contribution in [0.5, 0.6) is 0 Å². The molecule has 2 amide bonds. The first kappa shape index (κ1) is 18.2. The lowest BCUT2D eigenvalue weighted by molar-refractivity contribution is -0.0684. The molecule has 2 heterocycles. The summed E-state index contributed by atoms with van der Waals surface area (Å²) in [5.41, 5.74) is 0. The summed E-state index contributed by atoms with van der Waals surface area (Å²) in [5, 5.41) is 3.95. The number of ether oxygens (including phenoxy) is 1. The zero-order chi connectivity index (χ0) is 17.0. The Morgan fingerprint density at radius 3 is 2.74 bits per heavy atom. The first-order chi connectivity index (χ1) is 10.8. The smallest absolute Gasteiger partial charge is 0.317 e. The molecule has 0 spiro atoms. The molecule has 0 saturated carbocycles. The first-order valence-corrected chi connectivity index (χ1v) is 8.98. The van der Waals surface area contributed by atoms with Gasteiger partial charge in [0, 0.05) is 44.3 Å². The van der Waals surface area contributed by atoms with Crippen LogP contribution in [-0.2, 0) is 4.74 Å². The van der Waals surface area contributed by atoms with Gasteiger partial charge in [-0.2, -0.15) is 0 Å². The summed E-state index contributed by atoms with van der Waals surface area (Å²) < 4.78 is 5.73.